The van der Waals surface area contributed by atoms with Gasteiger partial charge in [0, 0.05) is 18.2 Å². The van der Waals surface area contributed by atoms with Crippen molar-refractivity contribution < 1.29 is 17.7 Å². The Morgan fingerprint density at radius 2 is 1.82 bits per heavy atom. The summed E-state index contributed by atoms with van der Waals surface area (Å²) in [5.41, 5.74) is 2.11. The van der Waals surface area contributed by atoms with Gasteiger partial charge in [0.15, 0.2) is 0 Å². The van der Waals surface area contributed by atoms with Crippen LogP contribution < -0.4 is 10.0 Å². The molecule has 1 atom stereocenters. The molecule has 1 amide bonds. The molecule has 2 aromatic carbocycles. The van der Waals surface area contributed by atoms with E-state index in [1.165, 1.54) is 19.1 Å². The molecule has 0 radical (unpaired) electrons. The van der Waals surface area contributed by atoms with Crippen LogP contribution in [0, 0.1) is 13.8 Å². The predicted molar refractivity (Wildman–Crippen MR) is 104 cm³/mol. The third-order valence-electron chi connectivity index (χ3n) is 3.97. The van der Waals surface area contributed by atoms with Crippen LogP contribution >= 0.6 is 0 Å². The van der Waals surface area contributed by atoms with Gasteiger partial charge < -0.3 is 9.84 Å². The van der Waals surface area contributed by atoms with Gasteiger partial charge in [-0.05, 0) is 38.1 Å². The summed E-state index contributed by atoms with van der Waals surface area (Å²) < 4.78 is 32.2. The molecule has 0 aliphatic heterocycles. The third kappa shape index (κ3) is 4.62. The lowest BCUT2D eigenvalue weighted by Crippen LogP contribution is -2.41. The van der Waals surface area contributed by atoms with Crippen LogP contribution in [-0.2, 0) is 14.8 Å². The zero-order valence-corrected chi connectivity index (χ0v) is 16.4. The van der Waals surface area contributed by atoms with E-state index >= 15 is 0 Å². The monoisotopic (exact) mass is 400 g/mol. The molecule has 0 spiro atoms. The molecule has 1 heterocycles. The summed E-state index contributed by atoms with van der Waals surface area (Å²) in [7, 11) is -3.81. The van der Waals surface area contributed by atoms with Crippen molar-refractivity contribution in [1.82, 2.24) is 14.9 Å². The van der Waals surface area contributed by atoms with E-state index in [0.29, 0.717) is 23.0 Å². The van der Waals surface area contributed by atoms with Gasteiger partial charge in [-0.25, -0.2) is 8.42 Å². The van der Waals surface area contributed by atoms with Gasteiger partial charge in [0.1, 0.15) is 0 Å². The van der Waals surface area contributed by atoms with Crippen molar-refractivity contribution in [2.24, 2.45) is 0 Å². The number of aryl methyl sites for hydroxylation is 2. The lowest BCUT2D eigenvalue weighted by Gasteiger charge is -2.15. The summed E-state index contributed by atoms with van der Waals surface area (Å²) in [6.45, 7) is 5.03. The highest BCUT2D eigenvalue weighted by molar-refractivity contribution is 7.89. The molecule has 9 heteroatoms. The highest BCUT2D eigenvalue weighted by atomic mass is 32.2. The zero-order chi connectivity index (χ0) is 20.3. The Morgan fingerprint density at radius 3 is 2.46 bits per heavy atom. The first-order chi connectivity index (χ1) is 13.2. The quantitative estimate of drug-likeness (QED) is 0.657. The number of carbonyl (C=O) groups excluding carboxylic acids is 1. The average Bonchev–Trinajstić information content (AvgIpc) is 3.08. The number of anilines is 1. The van der Waals surface area contributed by atoms with E-state index < -0.39 is 22.0 Å². The number of hydrogen-bond donors (Lipinski definition) is 2. The smallest absolute Gasteiger partial charge is 0.242 e. The molecule has 1 aromatic heterocycles. The maximum Gasteiger partial charge on any atom is 0.242 e. The van der Waals surface area contributed by atoms with E-state index in [1.54, 1.807) is 43.3 Å². The number of rotatable bonds is 6. The molecule has 0 bridgehead atoms. The molecule has 0 aliphatic carbocycles. The van der Waals surface area contributed by atoms with Gasteiger partial charge in [-0.15, -0.1) is 0 Å². The molecule has 0 fully saturated rings. The van der Waals surface area contributed by atoms with E-state index in [1.807, 2.05) is 6.92 Å². The maximum atomic E-state index is 12.4. The molecule has 0 saturated carbocycles. The first-order valence-corrected chi connectivity index (χ1v) is 10.0. The van der Waals surface area contributed by atoms with Gasteiger partial charge in [-0.3, -0.25) is 4.79 Å². The maximum absolute atomic E-state index is 12.4. The van der Waals surface area contributed by atoms with Crippen LogP contribution in [0.3, 0.4) is 0 Å². The third-order valence-corrected chi connectivity index (χ3v) is 5.53. The highest BCUT2D eigenvalue weighted by Crippen LogP contribution is 2.20. The first kappa shape index (κ1) is 19.7. The minimum absolute atomic E-state index is 0.104. The molecule has 0 saturated heterocycles. The first-order valence-electron chi connectivity index (χ1n) is 8.55. The van der Waals surface area contributed by atoms with Crippen LogP contribution in [0.25, 0.3) is 11.4 Å². The number of amides is 1. The molecule has 146 valence electrons. The Hall–Kier alpha value is -3.04. The number of carbonyl (C=O) groups is 1. The van der Waals surface area contributed by atoms with E-state index in [0.717, 1.165) is 5.56 Å². The molecular formula is C19H20N4O4S. The summed E-state index contributed by atoms with van der Waals surface area (Å²) in [4.78, 5) is 16.7. The largest absolute Gasteiger partial charge is 0.339 e. The fourth-order valence-electron chi connectivity index (χ4n) is 2.47. The second-order valence-electron chi connectivity index (χ2n) is 6.36. The van der Waals surface area contributed by atoms with Crippen molar-refractivity contribution in [3.63, 3.8) is 0 Å². The van der Waals surface area contributed by atoms with Crippen molar-refractivity contribution in [2.45, 2.75) is 31.7 Å². The summed E-state index contributed by atoms with van der Waals surface area (Å²) in [6.07, 6.45) is 0. The summed E-state index contributed by atoms with van der Waals surface area (Å²) in [5, 5.41) is 6.53. The minimum atomic E-state index is -3.81. The molecule has 2 N–H and O–H groups in total. The fraction of sp³-hybridized carbons (Fsp3) is 0.211. The normalized spacial score (nSPS) is 12.5. The number of benzene rings is 2. The van der Waals surface area contributed by atoms with E-state index in [9.17, 15) is 13.2 Å². The number of nitrogens with zero attached hydrogens (tertiary/aromatic N) is 2. The minimum Gasteiger partial charge on any atom is -0.339 e. The van der Waals surface area contributed by atoms with Crippen molar-refractivity contribution in [3.05, 3.63) is 60.0 Å². The second kappa shape index (κ2) is 7.91. The Bertz CT molecular complexity index is 1090. The molecule has 0 unspecified atom stereocenters. The average molecular weight is 400 g/mol. The fourth-order valence-corrected chi connectivity index (χ4v) is 3.68. The van der Waals surface area contributed by atoms with Crippen LogP contribution in [0.4, 0.5) is 5.69 Å². The standard InChI is InChI=1S/C19H20N4O4S/c1-12-7-9-17(10-8-12)28(25,26)23-13(2)19(24)21-16-6-4-5-15(11-16)18-20-14(3)27-22-18/h4-11,13,23H,1-3H3,(H,21,24)/t13-/m1/s1. The summed E-state index contributed by atoms with van der Waals surface area (Å²) in [6, 6.07) is 12.3. The van der Waals surface area contributed by atoms with Crippen LogP contribution in [0.5, 0.6) is 0 Å². The zero-order valence-electron chi connectivity index (χ0n) is 15.6. The molecule has 0 aliphatic rings. The second-order valence-corrected chi connectivity index (χ2v) is 8.08. The Morgan fingerprint density at radius 1 is 1.11 bits per heavy atom. The van der Waals surface area contributed by atoms with Crippen molar-refractivity contribution in [3.8, 4) is 11.4 Å². The molecule has 3 aromatic rings. The summed E-state index contributed by atoms with van der Waals surface area (Å²) >= 11 is 0. The molecular weight excluding hydrogens is 380 g/mol. The lowest BCUT2D eigenvalue weighted by atomic mass is 10.2. The van der Waals surface area contributed by atoms with Crippen molar-refractivity contribution in [2.75, 3.05) is 5.32 Å². The van der Waals surface area contributed by atoms with Crippen LogP contribution in [0.1, 0.15) is 18.4 Å². The van der Waals surface area contributed by atoms with E-state index in [4.69, 9.17) is 4.52 Å². The van der Waals surface area contributed by atoms with Crippen LogP contribution in [0.15, 0.2) is 57.9 Å². The van der Waals surface area contributed by atoms with Gasteiger partial charge in [0.25, 0.3) is 0 Å². The highest BCUT2D eigenvalue weighted by Gasteiger charge is 2.22. The SMILES string of the molecule is Cc1ccc(S(=O)(=O)N[C@H](C)C(=O)Nc2cccc(-c3noc(C)n3)c2)cc1. The molecule has 3 rings (SSSR count). The Kier molecular flexibility index (Phi) is 5.57. The van der Waals surface area contributed by atoms with Crippen LogP contribution in [0.2, 0.25) is 0 Å². The predicted octanol–water partition coefficient (Wildman–Crippen LogP) is 2.66. The van der Waals surface area contributed by atoms with E-state index in [-0.39, 0.29) is 4.90 Å². The van der Waals surface area contributed by atoms with Gasteiger partial charge in [0.2, 0.25) is 27.6 Å². The number of sulfonamides is 1. The summed E-state index contributed by atoms with van der Waals surface area (Å²) in [5.74, 6) is 0.349. The number of hydrogen-bond acceptors (Lipinski definition) is 6. The van der Waals surface area contributed by atoms with Crippen molar-refractivity contribution >= 4 is 21.6 Å². The lowest BCUT2D eigenvalue weighted by molar-refractivity contribution is -0.117. The van der Waals surface area contributed by atoms with Crippen molar-refractivity contribution in [1.29, 1.82) is 0 Å². The van der Waals surface area contributed by atoms with E-state index in [2.05, 4.69) is 20.2 Å². The Balaban J connectivity index is 1.70. The van der Waals surface area contributed by atoms with Gasteiger partial charge >= 0.3 is 0 Å². The Labute approximate surface area is 163 Å². The number of aromatic nitrogens is 2. The van der Waals surface area contributed by atoms with Gasteiger partial charge in [-0.1, -0.05) is 35.0 Å². The van der Waals surface area contributed by atoms with Gasteiger partial charge in [-0.2, -0.15) is 9.71 Å². The molecule has 8 nitrogen and oxygen atoms in total. The van der Waals surface area contributed by atoms with Gasteiger partial charge in [0.05, 0.1) is 10.9 Å². The topological polar surface area (TPSA) is 114 Å². The molecule has 28 heavy (non-hydrogen) atoms. The van der Waals surface area contributed by atoms with Crippen LogP contribution in [-0.4, -0.2) is 30.5 Å². The number of nitrogens with one attached hydrogen (secondary N) is 2.